The minimum atomic E-state index is -0.384. The van der Waals surface area contributed by atoms with Crippen LogP contribution in [0, 0.1) is 0 Å². The Morgan fingerprint density at radius 1 is 1.30 bits per heavy atom. The van der Waals surface area contributed by atoms with Crippen molar-refractivity contribution < 1.29 is 14.3 Å². The Hall–Kier alpha value is -2.00. The van der Waals surface area contributed by atoms with Crippen LogP contribution in [0.25, 0.3) is 0 Å². The maximum Gasteiger partial charge on any atom is 0.327 e. The molecule has 23 heavy (non-hydrogen) atoms. The number of nitrogens with zero attached hydrogens (tertiary/aromatic N) is 5. The van der Waals surface area contributed by atoms with Gasteiger partial charge in [-0.15, -0.1) is 5.10 Å². The number of rotatable bonds is 7. The molecule has 9 nitrogen and oxygen atoms in total. The van der Waals surface area contributed by atoms with Gasteiger partial charge in [0.05, 0.1) is 12.8 Å². The van der Waals surface area contributed by atoms with Gasteiger partial charge in [-0.2, -0.15) is 0 Å². The van der Waals surface area contributed by atoms with Gasteiger partial charge >= 0.3 is 5.97 Å². The lowest BCUT2D eigenvalue weighted by molar-refractivity contribution is -0.144. The first-order valence-corrected chi connectivity index (χ1v) is 7.83. The topological polar surface area (TPSA) is 92.6 Å². The number of carbonyl (C=O) groups is 2. The van der Waals surface area contributed by atoms with Crippen molar-refractivity contribution in [2.45, 2.75) is 19.9 Å². The minimum Gasteiger partial charge on any atom is -0.465 e. The zero-order valence-electron chi connectivity index (χ0n) is 13.7. The van der Waals surface area contributed by atoms with Crippen molar-refractivity contribution >= 4 is 17.7 Å². The molecule has 1 aliphatic rings. The molecule has 1 N–H and O–H groups in total. The van der Waals surface area contributed by atoms with Crippen molar-refractivity contribution in [3.63, 3.8) is 0 Å². The highest BCUT2D eigenvalue weighted by Gasteiger charge is 2.15. The maximum absolute atomic E-state index is 11.9. The normalized spacial score (nSPS) is 16.3. The second kappa shape index (κ2) is 8.59. The van der Waals surface area contributed by atoms with Gasteiger partial charge in [0.1, 0.15) is 6.54 Å². The standard InChI is InChI=1S/C14H24N6O3/c1-3-23-14(22)11-20-10-12(16-17-20)15-13(21)4-5-19-8-6-18(2)7-9-19/h10H,3-9,11H2,1-2H3,(H,15,21). The van der Waals surface area contributed by atoms with Crippen LogP contribution < -0.4 is 5.32 Å². The van der Waals surface area contributed by atoms with Crippen LogP contribution in [-0.2, 0) is 20.9 Å². The molecular weight excluding hydrogens is 300 g/mol. The quantitative estimate of drug-likeness (QED) is 0.671. The number of amides is 1. The molecule has 128 valence electrons. The van der Waals surface area contributed by atoms with Crippen LogP contribution in [0.15, 0.2) is 6.20 Å². The highest BCUT2D eigenvalue weighted by molar-refractivity contribution is 5.89. The molecule has 2 heterocycles. The van der Waals surface area contributed by atoms with Crippen molar-refractivity contribution in [1.82, 2.24) is 24.8 Å². The monoisotopic (exact) mass is 324 g/mol. The van der Waals surface area contributed by atoms with E-state index in [4.69, 9.17) is 4.74 Å². The van der Waals surface area contributed by atoms with Crippen LogP contribution in [0.1, 0.15) is 13.3 Å². The molecule has 9 heteroatoms. The van der Waals surface area contributed by atoms with E-state index in [0.29, 0.717) is 18.8 Å². The van der Waals surface area contributed by atoms with Crippen LogP contribution in [0.2, 0.25) is 0 Å². The van der Waals surface area contributed by atoms with E-state index < -0.39 is 0 Å². The first-order valence-electron chi connectivity index (χ1n) is 7.83. The van der Waals surface area contributed by atoms with Gasteiger partial charge in [0.25, 0.3) is 0 Å². The SMILES string of the molecule is CCOC(=O)Cn1cc(NC(=O)CCN2CCN(C)CC2)nn1. The third-order valence-electron chi connectivity index (χ3n) is 3.65. The van der Waals surface area contributed by atoms with Crippen molar-refractivity contribution in [1.29, 1.82) is 0 Å². The Bertz CT molecular complexity index is 524. The number of aromatic nitrogens is 3. The first kappa shape index (κ1) is 17.4. The van der Waals surface area contributed by atoms with Gasteiger partial charge in [-0.1, -0.05) is 5.21 Å². The van der Waals surface area contributed by atoms with Crippen LogP contribution in [0.3, 0.4) is 0 Å². The molecule has 0 spiro atoms. The molecular formula is C14H24N6O3. The number of piperazine rings is 1. The molecule has 0 radical (unpaired) electrons. The highest BCUT2D eigenvalue weighted by Crippen LogP contribution is 2.04. The average molecular weight is 324 g/mol. The third-order valence-corrected chi connectivity index (χ3v) is 3.65. The van der Waals surface area contributed by atoms with Gasteiger partial charge in [-0.3, -0.25) is 9.59 Å². The van der Waals surface area contributed by atoms with Crippen LogP contribution >= 0.6 is 0 Å². The molecule has 1 aliphatic heterocycles. The van der Waals surface area contributed by atoms with Gasteiger partial charge in [0.2, 0.25) is 5.91 Å². The van der Waals surface area contributed by atoms with Crippen molar-refractivity contribution in [3.05, 3.63) is 6.20 Å². The Balaban J connectivity index is 1.71. The number of likely N-dealkylation sites (N-methyl/N-ethyl adjacent to an activating group) is 1. The van der Waals surface area contributed by atoms with Crippen LogP contribution in [-0.4, -0.2) is 83.0 Å². The number of esters is 1. The molecule has 0 bridgehead atoms. The van der Waals surface area contributed by atoms with Crippen molar-refractivity contribution in [2.24, 2.45) is 0 Å². The molecule has 1 fully saturated rings. The lowest BCUT2D eigenvalue weighted by Gasteiger charge is -2.32. The number of hydrogen-bond acceptors (Lipinski definition) is 7. The minimum absolute atomic E-state index is 0.0159. The zero-order chi connectivity index (χ0) is 16.7. The number of hydrogen-bond donors (Lipinski definition) is 1. The Morgan fingerprint density at radius 3 is 2.74 bits per heavy atom. The second-order valence-electron chi connectivity index (χ2n) is 5.55. The predicted octanol–water partition coefficient (Wildman–Crippen LogP) is -0.583. The summed E-state index contributed by atoms with van der Waals surface area (Å²) in [6, 6.07) is 0. The van der Waals surface area contributed by atoms with Crippen LogP contribution in [0.5, 0.6) is 0 Å². The summed E-state index contributed by atoms with van der Waals surface area (Å²) in [5, 5.41) is 10.3. The van der Waals surface area contributed by atoms with E-state index in [1.807, 2.05) is 0 Å². The van der Waals surface area contributed by atoms with E-state index in [-0.39, 0.29) is 18.4 Å². The molecule has 1 aromatic rings. The zero-order valence-corrected chi connectivity index (χ0v) is 13.7. The van der Waals surface area contributed by atoms with Crippen molar-refractivity contribution in [2.75, 3.05) is 51.7 Å². The summed E-state index contributed by atoms with van der Waals surface area (Å²) in [6.07, 6.45) is 1.93. The fourth-order valence-corrected chi connectivity index (χ4v) is 2.31. The molecule has 0 aliphatic carbocycles. The fraction of sp³-hybridized carbons (Fsp3) is 0.714. The summed E-state index contributed by atoms with van der Waals surface area (Å²) in [5.74, 6) is -0.143. The smallest absolute Gasteiger partial charge is 0.327 e. The van der Waals surface area contributed by atoms with Crippen LogP contribution in [0.4, 0.5) is 5.82 Å². The van der Waals surface area contributed by atoms with E-state index >= 15 is 0 Å². The number of nitrogens with one attached hydrogen (secondary N) is 1. The van der Waals surface area contributed by atoms with E-state index in [9.17, 15) is 9.59 Å². The summed E-state index contributed by atoms with van der Waals surface area (Å²) < 4.78 is 6.17. The van der Waals surface area contributed by atoms with E-state index in [0.717, 1.165) is 32.7 Å². The third kappa shape index (κ3) is 5.95. The Labute approximate surface area is 135 Å². The molecule has 1 aromatic heterocycles. The van der Waals surface area contributed by atoms with Gasteiger partial charge in [0, 0.05) is 39.1 Å². The van der Waals surface area contributed by atoms with Gasteiger partial charge in [-0.05, 0) is 14.0 Å². The van der Waals surface area contributed by atoms with E-state index in [2.05, 4.69) is 32.5 Å². The Kier molecular flexibility index (Phi) is 6.48. The molecule has 1 saturated heterocycles. The van der Waals surface area contributed by atoms with Crippen molar-refractivity contribution in [3.8, 4) is 0 Å². The first-order chi connectivity index (χ1) is 11.1. The molecule has 1 amide bonds. The molecule has 0 unspecified atom stereocenters. The number of ether oxygens (including phenoxy) is 1. The maximum atomic E-state index is 11.9. The van der Waals surface area contributed by atoms with Gasteiger partial charge in [-0.25, -0.2) is 4.68 Å². The molecule has 0 aromatic carbocycles. The number of carbonyl (C=O) groups excluding carboxylic acids is 2. The number of anilines is 1. The predicted molar refractivity (Wildman–Crippen MR) is 83.8 cm³/mol. The summed E-state index contributed by atoms with van der Waals surface area (Å²) in [6.45, 7) is 6.82. The average Bonchev–Trinajstić information content (AvgIpc) is 2.94. The lowest BCUT2D eigenvalue weighted by Crippen LogP contribution is -2.45. The second-order valence-corrected chi connectivity index (χ2v) is 5.55. The Morgan fingerprint density at radius 2 is 2.04 bits per heavy atom. The molecule has 2 rings (SSSR count). The van der Waals surface area contributed by atoms with E-state index in [1.165, 1.54) is 10.9 Å². The largest absolute Gasteiger partial charge is 0.465 e. The molecule has 0 atom stereocenters. The summed E-state index contributed by atoms with van der Waals surface area (Å²) in [4.78, 5) is 27.8. The molecule has 0 saturated carbocycles. The summed E-state index contributed by atoms with van der Waals surface area (Å²) >= 11 is 0. The lowest BCUT2D eigenvalue weighted by atomic mass is 10.3. The fourth-order valence-electron chi connectivity index (χ4n) is 2.31. The summed E-state index contributed by atoms with van der Waals surface area (Å²) in [5.41, 5.74) is 0. The van der Waals surface area contributed by atoms with E-state index in [1.54, 1.807) is 6.92 Å². The van der Waals surface area contributed by atoms with Gasteiger partial charge < -0.3 is 19.9 Å². The summed E-state index contributed by atoms with van der Waals surface area (Å²) in [7, 11) is 2.10. The highest BCUT2D eigenvalue weighted by atomic mass is 16.5. The van der Waals surface area contributed by atoms with Gasteiger partial charge in [0.15, 0.2) is 5.82 Å².